The van der Waals surface area contributed by atoms with E-state index in [1.807, 2.05) is 13.0 Å². The van der Waals surface area contributed by atoms with Gasteiger partial charge in [0.25, 0.3) is 5.91 Å². The number of anilines is 1. The van der Waals surface area contributed by atoms with E-state index in [1.54, 1.807) is 19.2 Å². The minimum absolute atomic E-state index is 0.119. The van der Waals surface area contributed by atoms with Crippen LogP contribution in [-0.2, 0) is 0 Å². The molecule has 3 N–H and O–H groups in total. The molecule has 0 atom stereocenters. The predicted octanol–water partition coefficient (Wildman–Crippen LogP) is 3.37. The molecule has 9 heteroatoms. The number of ether oxygens (including phenoxy) is 1. The highest BCUT2D eigenvalue weighted by atomic mass is 19.1. The fourth-order valence-electron chi connectivity index (χ4n) is 2.23. The summed E-state index contributed by atoms with van der Waals surface area (Å²) in [5.41, 5.74) is 6.71. The third kappa shape index (κ3) is 4.85. The second-order valence-electron chi connectivity index (χ2n) is 5.91. The second-order valence-corrected chi connectivity index (χ2v) is 5.91. The molecular formula is C19H17FN6O2. The third-order valence-electron chi connectivity index (χ3n) is 3.44. The van der Waals surface area contributed by atoms with E-state index in [0.717, 1.165) is 11.8 Å². The zero-order chi connectivity index (χ0) is 20.1. The normalized spacial score (nSPS) is 11.2. The number of aromatic nitrogens is 3. The van der Waals surface area contributed by atoms with Gasteiger partial charge >= 0.3 is 0 Å². The lowest BCUT2D eigenvalue weighted by atomic mass is 10.2. The zero-order valence-electron chi connectivity index (χ0n) is 15.2. The van der Waals surface area contributed by atoms with Gasteiger partial charge in [-0.25, -0.2) is 19.4 Å². The van der Waals surface area contributed by atoms with Crippen molar-refractivity contribution in [2.24, 2.45) is 10.7 Å². The lowest BCUT2D eigenvalue weighted by Crippen LogP contribution is -2.14. The Morgan fingerprint density at radius 2 is 1.93 bits per heavy atom. The number of amides is 1. The van der Waals surface area contributed by atoms with E-state index in [1.165, 1.54) is 24.5 Å². The number of aryl methyl sites for hydroxylation is 1. The SMILES string of the molecule is C/C(N)=N/c1ncc(Oc2cncc(F)c2)cc1C(=O)Nc1ccc(C)cn1. The Labute approximate surface area is 160 Å². The molecule has 1 amide bonds. The van der Waals surface area contributed by atoms with Crippen LogP contribution in [0, 0.1) is 12.7 Å². The first kappa shape index (κ1) is 18.9. The molecule has 3 rings (SSSR count). The molecule has 3 heterocycles. The van der Waals surface area contributed by atoms with Crippen LogP contribution >= 0.6 is 0 Å². The van der Waals surface area contributed by atoms with Gasteiger partial charge < -0.3 is 15.8 Å². The van der Waals surface area contributed by atoms with Gasteiger partial charge in [0, 0.05) is 12.3 Å². The smallest absolute Gasteiger partial charge is 0.260 e. The molecule has 0 unspecified atom stereocenters. The molecule has 0 aliphatic carbocycles. The van der Waals surface area contributed by atoms with Gasteiger partial charge in [-0.2, -0.15) is 0 Å². The molecule has 0 aromatic carbocycles. The molecule has 0 bridgehead atoms. The zero-order valence-corrected chi connectivity index (χ0v) is 15.2. The van der Waals surface area contributed by atoms with E-state index in [4.69, 9.17) is 10.5 Å². The highest BCUT2D eigenvalue weighted by Crippen LogP contribution is 2.26. The number of amidine groups is 1. The Morgan fingerprint density at radius 1 is 1.14 bits per heavy atom. The fourth-order valence-corrected chi connectivity index (χ4v) is 2.23. The van der Waals surface area contributed by atoms with Crippen LogP contribution in [0.25, 0.3) is 0 Å². The van der Waals surface area contributed by atoms with Crippen LogP contribution in [0.1, 0.15) is 22.8 Å². The lowest BCUT2D eigenvalue weighted by Gasteiger charge is -2.10. The topological polar surface area (TPSA) is 115 Å². The molecule has 8 nitrogen and oxygen atoms in total. The molecule has 0 spiro atoms. The molecule has 0 radical (unpaired) electrons. The average Bonchev–Trinajstić information content (AvgIpc) is 2.64. The maximum atomic E-state index is 13.3. The van der Waals surface area contributed by atoms with Gasteiger partial charge in [-0.3, -0.25) is 9.78 Å². The lowest BCUT2D eigenvalue weighted by molar-refractivity contribution is 0.102. The van der Waals surface area contributed by atoms with Crippen LogP contribution in [0.3, 0.4) is 0 Å². The summed E-state index contributed by atoms with van der Waals surface area (Å²) in [5, 5.41) is 2.67. The number of rotatable bonds is 5. The molecule has 0 aliphatic rings. The first-order chi connectivity index (χ1) is 13.4. The van der Waals surface area contributed by atoms with Gasteiger partial charge in [-0.1, -0.05) is 6.07 Å². The molecule has 3 aromatic heterocycles. The quantitative estimate of drug-likeness (QED) is 0.518. The number of hydrogen-bond acceptors (Lipinski definition) is 6. The van der Waals surface area contributed by atoms with Crippen LogP contribution in [0.15, 0.2) is 54.0 Å². The minimum atomic E-state index is -0.547. The number of nitrogens with zero attached hydrogens (tertiary/aromatic N) is 4. The summed E-state index contributed by atoms with van der Waals surface area (Å²) in [7, 11) is 0. The first-order valence-corrected chi connectivity index (χ1v) is 8.24. The minimum Gasteiger partial charge on any atom is -0.454 e. The summed E-state index contributed by atoms with van der Waals surface area (Å²) in [5.74, 6) is 0.0613. The monoisotopic (exact) mass is 380 g/mol. The van der Waals surface area contributed by atoms with E-state index in [-0.39, 0.29) is 28.7 Å². The maximum absolute atomic E-state index is 13.3. The molecule has 0 aliphatic heterocycles. The number of hydrogen-bond donors (Lipinski definition) is 2. The van der Waals surface area contributed by atoms with Crippen molar-refractivity contribution >= 4 is 23.4 Å². The van der Waals surface area contributed by atoms with E-state index in [2.05, 4.69) is 25.3 Å². The van der Waals surface area contributed by atoms with E-state index < -0.39 is 11.7 Å². The molecule has 3 aromatic rings. The van der Waals surface area contributed by atoms with Crippen LogP contribution < -0.4 is 15.8 Å². The van der Waals surface area contributed by atoms with Crippen LogP contribution in [-0.4, -0.2) is 26.7 Å². The molecule has 28 heavy (non-hydrogen) atoms. The molecule has 0 saturated heterocycles. The first-order valence-electron chi connectivity index (χ1n) is 8.24. The Bertz CT molecular complexity index is 1030. The predicted molar refractivity (Wildman–Crippen MR) is 102 cm³/mol. The summed E-state index contributed by atoms with van der Waals surface area (Å²) in [4.78, 5) is 28.8. The average molecular weight is 380 g/mol. The van der Waals surface area contributed by atoms with Crippen molar-refractivity contribution < 1.29 is 13.9 Å². The van der Waals surface area contributed by atoms with Crippen molar-refractivity contribution in [3.63, 3.8) is 0 Å². The van der Waals surface area contributed by atoms with Crippen molar-refractivity contribution in [2.45, 2.75) is 13.8 Å². The number of carbonyl (C=O) groups is 1. The van der Waals surface area contributed by atoms with Crippen LogP contribution in [0.5, 0.6) is 11.5 Å². The largest absolute Gasteiger partial charge is 0.454 e. The van der Waals surface area contributed by atoms with Gasteiger partial charge in [0.2, 0.25) is 0 Å². The Balaban J connectivity index is 1.92. The summed E-state index contributed by atoms with van der Waals surface area (Å²) >= 11 is 0. The third-order valence-corrected chi connectivity index (χ3v) is 3.44. The molecular weight excluding hydrogens is 363 g/mol. The van der Waals surface area contributed by atoms with Crippen molar-refractivity contribution in [2.75, 3.05) is 5.32 Å². The molecule has 142 valence electrons. The number of carbonyl (C=O) groups excluding carboxylic acids is 1. The summed E-state index contributed by atoms with van der Waals surface area (Å²) < 4.78 is 18.8. The Hall–Kier alpha value is -3.88. The standard InChI is InChI=1S/C19H17FN6O2/c1-11-3-4-17(23-7-11)26-19(27)16-6-15(10-24-18(16)25-12(2)21)28-14-5-13(20)8-22-9-14/h3-10H,1-2H3,(H2,21,24,25)(H,23,26,27). The van der Waals surface area contributed by atoms with E-state index >= 15 is 0 Å². The maximum Gasteiger partial charge on any atom is 0.260 e. The summed E-state index contributed by atoms with van der Waals surface area (Å²) in [6.07, 6.45) is 5.39. The molecule has 0 fully saturated rings. The van der Waals surface area contributed by atoms with Crippen molar-refractivity contribution in [3.8, 4) is 11.5 Å². The Kier molecular flexibility index (Phi) is 5.54. The van der Waals surface area contributed by atoms with Crippen LogP contribution in [0.4, 0.5) is 16.0 Å². The second kappa shape index (κ2) is 8.21. The summed E-state index contributed by atoms with van der Waals surface area (Å²) in [6, 6.07) is 6.10. The Morgan fingerprint density at radius 3 is 2.61 bits per heavy atom. The highest BCUT2D eigenvalue weighted by molar-refractivity contribution is 6.07. The number of nitrogens with one attached hydrogen (secondary N) is 1. The van der Waals surface area contributed by atoms with Gasteiger partial charge in [0.15, 0.2) is 5.82 Å². The highest BCUT2D eigenvalue weighted by Gasteiger charge is 2.16. The fraction of sp³-hybridized carbons (Fsp3) is 0.105. The van der Waals surface area contributed by atoms with Gasteiger partial charge in [0.1, 0.15) is 23.1 Å². The van der Waals surface area contributed by atoms with Crippen molar-refractivity contribution in [1.29, 1.82) is 0 Å². The molecule has 0 saturated carbocycles. The number of nitrogens with two attached hydrogens (primary N) is 1. The van der Waals surface area contributed by atoms with Gasteiger partial charge in [0.05, 0.1) is 30.0 Å². The van der Waals surface area contributed by atoms with E-state index in [0.29, 0.717) is 5.82 Å². The van der Waals surface area contributed by atoms with Crippen molar-refractivity contribution in [1.82, 2.24) is 15.0 Å². The van der Waals surface area contributed by atoms with Gasteiger partial charge in [-0.15, -0.1) is 0 Å². The number of aliphatic imine (C=N–C) groups is 1. The number of pyridine rings is 3. The van der Waals surface area contributed by atoms with Gasteiger partial charge in [-0.05, 0) is 31.5 Å². The van der Waals surface area contributed by atoms with E-state index in [9.17, 15) is 9.18 Å². The van der Waals surface area contributed by atoms with Crippen LogP contribution in [0.2, 0.25) is 0 Å². The number of halogens is 1. The van der Waals surface area contributed by atoms with Crippen molar-refractivity contribution in [3.05, 3.63) is 66.0 Å². The summed E-state index contributed by atoms with van der Waals surface area (Å²) in [6.45, 7) is 3.47.